The van der Waals surface area contributed by atoms with Gasteiger partial charge in [-0.1, -0.05) is 18.2 Å². The quantitative estimate of drug-likeness (QED) is 0.777. The van der Waals surface area contributed by atoms with Crippen molar-refractivity contribution >= 4 is 23.1 Å². The van der Waals surface area contributed by atoms with E-state index in [1.807, 2.05) is 61.6 Å². The minimum Gasteiger partial charge on any atom is -0.369 e. The van der Waals surface area contributed by atoms with Crippen molar-refractivity contribution in [2.45, 2.75) is 6.92 Å². The lowest BCUT2D eigenvalue weighted by atomic mass is 10.1. The smallest absolute Gasteiger partial charge is 0.240 e. The van der Waals surface area contributed by atoms with E-state index in [1.54, 1.807) is 11.8 Å². The lowest BCUT2D eigenvalue weighted by Gasteiger charge is -2.36. The largest absolute Gasteiger partial charge is 0.369 e. The van der Waals surface area contributed by atoms with Crippen LogP contribution in [0.25, 0.3) is 0 Å². The third-order valence-corrected chi connectivity index (χ3v) is 4.89. The number of piperazine rings is 1. The van der Waals surface area contributed by atoms with E-state index >= 15 is 0 Å². The fourth-order valence-electron chi connectivity index (χ4n) is 3.16. The Balaban J connectivity index is 1.52. The van der Waals surface area contributed by atoms with Gasteiger partial charge in [-0.2, -0.15) is 0 Å². The van der Waals surface area contributed by atoms with E-state index in [0.29, 0.717) is 6.54 Å². The van der Waals surface area contributed by atoms with Gasteiger partial charge in [-0.05, 0) is 43.3 Å². The number of para-hydroxylation sites is 1. The third kappa shape index (κ3) is 4.29. The molecule has 0 N–H and O–H groups in total. The standard InChI is InChI=1S/C21H25N3O2/c1-17(25)18-8-10-20(11-9-18)24-14-12-23(13-15-24)16-21(26)22(2)19-6-4-3-5-7-19/h3-11H,12-16H2,1-2H3. The van der Waals surface area contributed by atoms with E-state index in [0.717, 1.165) is 43.1 Å². The second-order valence-corrected chi connectivity index (χ2v) is 6.65. The number of benzene rings is 2. The fraction of sp³-hybridized carbons (Fsp3) is 0.333. The molecule has 5 nitrogen and oxygen atoms in total. The second kappa shape index (κ2) is 8.15. The molecule has 1 amide bonds. The molecule has 1 heterocycles. The van der Waals surface area contributed by atoms with Gasteiger partial charge in [-0.15, -0.1) is 0 Å². The van der Waals surface area contributed by atoms with Gasteiger partial charge in [0.2, 0.25) is 5.91 Å². The van der Waals surface area contributed by atoms with E-state index in [4.69, 9.17) is 0 Å². The summed E-state index contributed by atoms with van der Waals surface area (Å²) < 4.78 is 0. The number of ketones is 1. The first-order valence-electron chi connectivity index (χ1n) is 8.94. The van der Waals surface area contributed by atoms with Gasteiger partial charge in [0.05, 0.1) is 6.54 Å². The molecule has 1 fully saturated rings. The molecule has 0 bridgehead atoms. The Kier molecular flexibility index (Phi) is 5.68. The van der Waals surface area contributed by atoms with Crippen molar-refractivity contribution in [3.05, 3.63) is 60.2 Å². The molecule has 0 spiro atoms. The number of anilines is 2. The summed E-state index contributed by atoms with van der Waals surface area (Å²) in [5, 5.41) is 0. The SMILES string of the molecule is CC(=O)c1ccc(N2CCN(CC(=O)N(C)c3ccccc3)CC2)cc1. The molecular formula is C21H25N3O2. The van der Waals surface area contributed by atoms with Gasteiger partial charge in [-0.3, -0.25) is 14.5 Å². The molecule has 0 radical (unpaired) electrons. The average Bonchev–Trinajstić information content (AvgIpc) is 2.68. The summed E-state index contributed by atoms with van der Waals surface area (Å²) in [6.07, 6.45) is 0. The van der Waals surface area contributed by atoms with Crippen molar-refractivity contribution in [2.75, 3.05) is 49.6 Å². The van der Waals surface area contributed by atoms with Crippen LogP contribution in [-0.2, 0) is 4.79 Å². The van der Waals surface area contributed by atoms with E-state index < -0.39 is 0 Å². The van der Waals surface area contributed by atoms with Crippen molar-refractivity contribution in [1.29, 1.82) is 0 Å². The molecule has 1 aliphatic heterocycles. The van der Waals surface area contributed by atoms with Crippen molar-refractivity contribution in [3.8, 4) is 0 Å². The minimum atomic E-state index is 0.0856. The fourth-order valence-corrected chi connectivity index (χ4v) is 3.16. The highest BCUT2D eigenvalue weighted by Crippen LogP contribution is 2.18. The topological polar surface area (TPSA) is 43.9 Å². The Labute approximate surface area is 154 Å². The number of hydrogen-bond donors (Lipinski definition) is 0. The van der Waals surface area contributed by atoms with Crippen LogP contribution >= 0.6 is 0 Å². The van der Waals surface area contributed by atoms with Gasteiger partial charge in [0, 0.05) is 50.2 Å². The maximum absolute atomic E-state index is 12.5. The minimum absolute atomic E-state index is 0.0856. The van der Waals surface area contributed by atoms with Crippen molar-refractivity contribution < 1.29 is 9.59 Å². The molecular weight excluding hydrogens is 326 g/mol. The summed E-state index contributed by atoms with van der Waals surface area (Å²) in [5.41, 5.74) is 2.78. The van der Waals surface area contributed by atoms with Gasteiger partial charge in [-0.25, -0.2) is 0 Å². The molecule has 0 saturated carbocycles. The summed E-state index contributed by atoms with van der Waals surface area (Å²) >= 11 is 0. The van der Waals surface area contributed by atoms with Crippen molar-refractivity contribution in [3.63, 3.8) is 0 Å². The predicted molar refractivity (Wildman–Crippen MR) is 105 cm³/mol. The summed E-state index contributed by atoms with van der Waals surface area (Å²) in [5.74, 6) is 0.192. The van der Waals surface area contributed by atoms with Crippen LogP contribution in [-0.4, -0.2) is 56.4 Å². The highest BCUT2D eigenvalue weighted by Gasteiger charge is 2.21. The molecule has 0 aromatic heterocycles. The lowest BCUT2D eigenvalue weighted by Crippen LogP contribution is -2.49. The normalized spacial score (nSPS) is 14.9. The zero-order valence-corrected chi connectivity index (χ0v) is 15.4. The molecule has 3 rings (SSSR count). The van der Waals surface area contributed by atoms with Gasteiger partial charge < -0.3 is 9.80 Å². The number of carbonyl (C=O) groups is 2. The lowest BCUT2D eigenvalue weighted by molar-refractivity contribution is -0.119. The Morgan fingerprint density at radius 3 is 2.12 bits per heavy atom. The summed E-state index contributed by atoms with van der Waals surface area (Å²) in [6.45, 7) is 5.47. The van der Waals surface area contributed by atoms with E-state index in [2.05, 4.69) is 9.80 Å². The Bertz CT molecular complexity index is 751. The first kappa shape index (κ1) is 18.1. The van der Waals surface area contributed by atoms with E-state index in [9.17, 15) is 9.59 Å². The number of Topliss-reactive ketones (excluding diaryl/α,β-unsaturated/α-hetero) is 1. The molecule has 0 aliphatic carbocycles. The molecule has 1 saturated heterocycles. The molecule has 26 heavy (non-hydrogen) atoms. The molecule has 5 heteroatoms. The van der Waals surface area contributed by atoms with Crippen LogP contribution in [0.4, 0.5) is 11.4 Å². The van der Waals surface area contributed by atoms with Crippen LogP contribution in [0.1, 0.15) is 17.3 Å². The van der Waals surface area contributed by atoms with Gasteiger partial charge >= 0.3 is 0 Å². The second-order valence-electron chi connectivity index (χ2n) is 6.65. The average molecular weight is 351 g/mol. The molecule has 2 aromatic rings. The number of carbonyl (C=O) groups excluding carboxylic acids is 2. The maximum atomic E-state index is 12.5. The van der Waals surface area contributed by atoms with Crippen LogP contribution in [0.2, 0.25) is 0 Å². The molecule has 1 aliphatic rings. The van der Waals surface area contributed by atoms with Crippen LogP contribution in [0.5, 0.6) is 0 Å². The molecule has 136 valence electrons. The molecule has 0 atom stereocenters. The van der Waals surface area contributed by atoms with Gasteiger partial charge in [0.15, 0.2) is 5.78 Å². The Morgan fingerprint density at radius 1 is 0.923 bits per heavy atom. The highest BCUT2D eigenvalue weighted by atomic mass is 16.2. The zero-order chi connectivity index (χ0) is 18.5. The van der Waals surface area contributed by atoms with Gasteiger partial charge in [0.25, 0.3) is 0 Å². The van der Waals surface area contributed by atoms with Crippen LogP contribution in [0.15, 0.2) is 54.6 Å². The Morgan fingerprint density at radius 2 is 1.54 bits per heavy atom. The zero-order valence-electron chi connectivity index (χ0n) is 15.4. The Hall–Kier alpha value is -2.66. The van der Waals surface area contributed by atoms with Crippen molar-refractivity contribution in [1.82, 2.24) is 4.90 Å². The van der Waals surface area contributed by atoms with Crippen LogP contribution < -0.4 is 9.80 Å². The first-order chi connectivity index (χ1) is 12.5. The number of hydrogen-bond acceptors (Lipinski definition) is 4. The molecule has 2 aromatic carbocycles. The summed E-state index contributed by atoms with van der Waals surface area (Å²) in [7, 11) is 1.82. The first-order valence-corrected chi connectivity index (χ1v) is 8.94. The highest BCUT2D eigenvalue weighted by molar-refractivity contribution is 5.94. The number of amides is 1. The van der Waals surface area contributed by atoms with E-state index in [1.165, 1.54) is 0 Å². The maximum Gasteiger partial charge on any atom is 0.240 e. The molecule has 0 unspecified atom stereocenters. The predicted octanol–water partition coefficient (Wildman–Crippen LogP) is 2.67. The number of nitrogens with zero attached hydrogens (tertiary/aromatic N) is 3. The van der Waals surface area contributed by atoms with E-state index in [-0.39, 0.29) is 11.7 Å². The monoisotopic (exact) mass is 351 g/mol. The van der Waals surface area contributed by atoms with Crippen LogP contribution in [0.3, 0.4) is 0 Å². The van der Waals surface area contributed by atoms with Gasteiger partial charge in [0.1, 0.15) is 0 Å². The number of rotatable bonds is 5. The van der Waals surface area contributed by atoms with Crippen LogP contribution in [0, 0.1) is 0 Å². The van der Waals surface area contributed by atoms with Crippen molar-refractivity contribution in [2.24, 2.45) is 0 Å². The summed E-state index contributed by atoms with van der Waals surface area (Å²) in [6, 6.07) is 17.5. The third-order valence-electron chi connectivity index (χ3n) is 4.89. The number of likely N-dealkylation sites (N-methyl/N-ethyl adjacent to an activating group) is 1. The summed E-state index contributed by atoms with van der Waals surface area (Å²) in [4.78, 5) is 30.1.